The summed E-state index contributed by atoms with van der Waals surface area (Å²) in [6.07, 6.45) is 48.6. The molecule has 2 atom stereocenters. The van der Waals surface area contributed by atoms with Crippen molar-refractivity contribution in [2.24, 2.45) is 5.92 Å². The van der Waals surface area contributed by atoms with E-state index in [0.717, 1.165) is 50.9 Å². The Morgan fingerprint density at radius 1 is 0.538 bits per heavy atom. The van der Waals surface area contributed by atoms with Crippen molar-refractivity contribution in [1.82, 2.24) is 0 Å². The summed E-state index contributed by atoms with van der Waals surface area (Å²) in [5.74, 6) is 0.158. The maximum absolute atomic E-state index is 12.0. The van der Waals surface area contributed by atoms with Crippen molar-refractivity contribution in [3.8, 4) is 0 Å². The molecule has 0 bridgehead atoms. The van der Waals surface area contributed by atoms with Crippen molar-refractivity contribution >= 4 is 11.9 Å². The molecule has 0 aliphatic rings. The van der Waals surface area contributed by atoms with Crippen LogP contribution in [0, 0.1) is 5.92 Å². The lowest BCUT2D eigenvalue weighted by atomic mass is 10.0. The van der Waals surface area contributed by atoms with Crippen molar-refractivity contribution in [3.05, 3.63) is 72.9 Å². The van der Waals surface area contributed by atoms with Crippen LogP contribution in [-0.4, -0.2) is 47.6 Å². The number of hydrogen-bond acceptors (Lipinski definition) is 6. The number of carbonyl (C=O) groups is 2. The third kappa shape index (κ3) is 40.1. The van der Waals surface area contributed by atoms with Crippen LogP contribution in [0.2, 0.25) is 0 Å². The smallest absolute Gasteiger partial charge is 0.306 e. The van der Waals surface area contributed by atoms with Gasteiger partial charge in [0, 0.05) is 12.8 Å². The quantitative estimate of drug-likeness (QED) is 0.0289. The first-order chi connectivity index (χ1) is 25.3. The van der Waals surface area contributed by atoms with Gasteiger partial charge in [-0.2, -0.15) is 0 Å². The van der Waals surface area contributed by atoms with Crippen molar-refractivity contribution < 1.29 is 29.3 Å². The highest BCUT2D eigenvalue weighted by atomic mass is 16.6. The fourth-order valence-electron chi connectivity index (χ4n) is 5.56. The van der Waals surface area contributed by atoms with Gasteiger partial charge in [0.15, 0.2) is 0 Å². The summed E-state index contributed by atoms with van der Waals surface area (Å²) in [6.45, 7) is 6.41. The third-order valence-corrected chi connectivity index (χ3v) is 8.73. The van der Waals surface area contributed by atoms with Crippen LogP contribution >= 0.6 is 0 Å². The van der Waals surface area contributed by atoms with Gasteiger partial charge in [0.25, 0.3) is 0 Å². The van der Waals surface area contributed by atoms with Crippen LogP contribution in [0.5, 0.6) is 0 Å². The topological polar surface area (TPSA) is 93.1 Å². The van der Waals surface area contributed by atoms with E-state index in [-0.39, 0.29) is 31.6 Å². The molecule has 0 saturated heterocycles. The molecule has 0 aromatic rings. The molecule has 1 unspecified atom stereocenters. The molecule has 0 radical (unpaired) electrons. The molecule has 6 nitrogen and oxygen atoms in total. The highest BCUT2D eigenvalue weighted by Crippen LogP contribution is 2.15. The molecule has 0 saturated carbocycles. The summed E-state index contributed by atoms with van der Waals surface area (Å²) in [6, 6.07) is 0. The number of aliphatic hydroxyl groups is 2. The lowest BCUT2D eigenvalue weighted by Crippen LogP contribution is -2.25. The van der Waals surface area contributed by atoms with Crippen LogP contribution in [0.4, 0.5) is 0 Å². The molecule has 0 rings (SSSR count). The predicted molar refractivity (Wildman–Crippen MR) is 220 cm³/mol. The molecule has 0 amide bonds. The summed E-state index contributed by atoms with van der Waals surface area (Å²) in [7, 11) is 0. The van der Waals surface area contributed by atoms with E-state index in [1.807, 2.05) is 36.5 Å². The predicted octanol–water partition coefficient (Wildman–Crippen LogP) is 12.2. The summed E-state index contributed by atoms with van der Waals surface area (Å²) in [4.78, 5) is 24.0. The van der Waals surface area contributed by atoms with Gasteiger partial charge >= 0.3 is 11.9 Å². The molecule has 0 fully saturated rings. The zero-order valence-corrected chi connectivity index (χ0v) is 33.6. The van der Waals surface area contributed by atoms with E-state index >= 15 is 0 Å². The number of esters is 2. The van der Waals surface area contributed by atoms with Crippen LogP contribution in [0.3, 0.4) is 0 Å². The number of aliphatic hydroxyl groups excluding tert-OH is 2. The van der Waals surface area contributed by atoms with Crippen molar-refractivity contribution in [2.45, 2.75) is 187 Å². The summed E-state index contributed by atoms with van der Waals surface area (Å²) in [5, 5.41) is 20.0. The molecule has 0 heterocycles. The average molecular weight is 727 g/mol. The highest BCUT2D eigenvalue weighted by Gasteiger charge is 2.11. The Bertz CT molecular complexity index is 989. The van der Waals surface area contributed by atoms with Crippen molar-refractivity contribution in [1.29, 1.82) is 0 Å². The largest absolute Gasteiger partial charge is 0.463 e. The molecule has 2 N–H and O–H groups in total. The Hall–Kier alpha value is -2.70. The van der Waals surface area contributed by atoms with Gasteiger partial charge in [-0.15, -0.1) is 0 Å². The highest BCUT2D eigenvalue weighted by molar-refractivity contribution is 5.70. The van der Waals surface area contributed by atoms with Crippen molar-refractivity contribution in [2.75, 3.05) is 13.2 Å². The molecule has 0 aliphatic carbocycles. The van der Waals surface area contributed by atoms with Crippen molar-refractivity contribution in [3.63, 3.8) is 0 Å². The number of unbranched alkanes of at least 4 members (excludes halogenated alkanes) is 14. The Kier molecular flexibility index (Phi) is 37.5. The molecule has 0 aromatic heterocycles. The van der Waals surface area contributed by atoms with Gasteiger partial charge < -0.3 is 19.7 Å². The standard InChI is InChI=1S/C46H78O6/c1-4-5-6-7-26-31-36-43(47)37-32-27-22-18-15-16-20-24-29-34-39-46(50)52-41-44(48)40-51-45(49)38-33-28-23-19-14-12-10-8-9-11-13-17-21-25-30-35-42(2)3/h5-6,15-16,22,24,26-27,29,31-32,37,42-44,47-48H,4,7-14,17-21,23,25,28,30,33-36,38-41H2,1-3H3/b6-5-,16-15-,27-22-,29-24-,31-26-,37-32+/t43?,44-/m0/s1. The third-order valence-electron chi connectivity index (χ3n) is 8.73. The normalized spacial score (nSPS) is 13.7. The molecular weight excluding hydrogens is 648 g/mol. The van der Waals surface area contributed by atoms with E-state index in [0.29, 0.717) is 19.3 Å². The van der Waals surface area contributed by atoms with Crippen LogP contribution in [0.25, 0.3) is 0 Å². The number of carbonyl (C=O) groups excluding carboxylic acids is 2. The van der Waals surface area contributed by atoms with Gasteiger partial charge in [0.05, 0.1) is 6.10 Å². The minimum absolute atomic E-state index is 0.154. The Morgan fingerprint density at radius 2 is 1.00 bits per heavy atom. The van der Waals surface area contributed by atoms with Gasteiger partial charge in [-0.3, -0.25) is 9.59 Å². The van der Waals surface area contributed by atoms with Gasteiger partial charge in [-0.1, -0.05) is 190 Å². The first-order valence-corrected chi connectivity index (χ1v) is 21.0. The van der Waals surface area contributed by atoms with Crippen LogP contribution < -0.4 is 0 Å². The van der Waals surface area contributed by atoms with E-state index in [4.69, 9.17) is 9.47 Å². The van der Waals surface area contributed by atoms with Gasteiger partial charge in [0.2, 0.25) is 0 Å². The number of ether oxygens (including phenoxy) is 2. The van der Waals surface area contributed by atoms with Gasteiger partial charge in [-0.05, 0) is 50.9 Å². The number of rotatable bonds is 36. The minimum Gasteiger partial charge on any atom is -0.463 e. The Morgan fingerprint density at radius 3 is 1.56 bits per heavy atom. The summed E-state index contributed by atoms with van der Waals surface area (Å²) in [5.41, 5.74) is 0. The lowest BCUT2D eigenvalue weighted by Gasteiger charge is -2.12. The van der Waals surface area contributed by atoms with Crippen LogP contribution in [0.1, 0.15) is 175 Å². The van der Waals surface area contributed by atoms with E-state index in [9.17, 15) is 19.8 Å². The first kappa shape index (κ1) is 49.3. The average Bonchev–Trinajstić information content (AvgIpc) is 3.12. The van der Waals surface area contributed by atoms with Crippen LogP contribution in [-0.2, 0) is 19.1 Å². The molecule has 0 aromatic carbocycles. The SMILES string of the molecule is CC/C=C\C/C=C\CC(O)/C=C/C=C\C/C=C\C/C=C\CCC(=O)OC[C@@H](O)COC(=O)CCCCCCCCCCCCCCCCCC(C)C. The summed E-state index contributed by atoms with van der Waals surface area (Å²) < 4.78 is 10.3. The fraction of sp³-hybridized carbons (Fsp3) is 0.696. The monoisotopic (exact) mass is 727 g/mol. The maximum Gasteiger partial charge on any atom is 0.306 e. The fourth-order valence-corrected chi connectivity index (χ4v) is 5.56. The lowest BCUT2D eigenvalue weighted by molar-refractivity contribution is -0.152. The first-order valence-electron chi connectivity index (χ1n) is 21.0. The van der Waals surface area contributed by atoms with E-state index in [1.54, 1.807) is 6.08 Å². The van der Waals surface area contributed by atoms with Gasteiger partial charge in [0.1, 0.15) is 19.3 Å². The second kappa shape index (κ2) is 39.5. The van der Waals surface area contributed by atoms with E-state index in [1.165, 1.54) is 83.5 Å². The zero-order chi connectivity index (χ0) is 38.2. The number of allylic oxidation sites excluding steroid dienone is 10. The summed E-state index contributed by atoms with van der Waals surface area (Å²) >= 11 is 0. The maximum atomic E-state index is 12.0. The molecular formula is C46H78O6. The Labute approximate surface area is 319 Å². The molecule has 52 heavy (non-hydrogen) atoms. The number of hydrogen-bond donors (Lipinski definition) is 2. The van der Waals surface area contributed by atoms with Crippen LogP contribution in [0.15, 0.2) is 72.9 Å². The molecule has 298 valence electrons. The van der Waals surface area contributed by atoms with E-state index in [2.05, 4.69) is 51.2 Å². The minimum atomic E-state index is -1.01. The Balaban J connectivity index is 3.61. The van der Waals surface area contributed by atoms with E-state index < -0.39 is 12.2 Å². The second-order valence-electron chi connectivity index (χ2n) is 14.4. The second-order valence-corrected chi connectivity index (χ2v) is 14.4. The molecule has 0 aliphatic heterocycles. The zero-order valence-electron chi connectivity index (χ0n) is 33.6. The molecule has 0 spiro atoms. The molecule has 6 heteroatoms. The van der Waals surface area contributed by atoms with Gasteiger partial charge in [-0.25, -0.2) is 0 Å².